The largest absolute Gasteiger partial charge is 0.379 e. The number of nitrogens with two attached hydrogens (primary N) is 1. The van der Waals surface area contributed by atoms with Crippen molar-refractivity contribution in [3.8, 4) is 0 Å². The van der Waals surface area contributed by atoms with Crippen molar-refractivity contribution in [2.75, 3.05) is 7.11 Å². The van der Waals surface area contributed by atoms with Gasteiger partial charge in [-0.25, -0.2) is 4.39 Å². The predicted octanol–water partition coefficient (Wildman–Crippen LogP) is 2.88. The number of benzene rings is 1. The fraction of sp³-hybridized carbons (Fsp3) is 0.429. The van der Waals surface area contributed by atoms with Gasteiger partial charge >= 0.3 is 0 Å². The highest BCUT2D eigenvalue weighted by molar-refractivity contribution is 5.95. The lowest BCUT2D eigenvalue weighted by molar-refractivity contribution is 0.0787. The van der Waals surface area contributed by atoms with Gasteiger partial charge in [-0.1, -0.05) is 18.2 Å². The number of hydrogen-bond donors (Lipinski definition) is 2. The van der Waals surface area contributed by atoms with Crippen LogP contribution in [0.2, 0.25) is 0 Å². The molecule has 0 radical (unpaired) electrons. The standard InChI is InChI=1S/C21H28FN3O2/c1-21(2,3)25-20(26)15-9-7-11-24-18(15)13-19(27-4)17(23)12-14-8-5-6-10-16(14)22/h5-11,17,19H,12-13,23H2,1-4H3,(H,25,26)/t17-,19+/m1/s1. The van der Waals surface area contributed by atoms with Crippen LogP contribution in [0, 0.1) is 5.82 Å². The van der Waals surface area contributed by atoms with Crippen molar-refractivity contribution in [3.05, 3.63) is 65.2 Å². The smallest absolute Gasteiger partial charge is 0.253 e. The second-order valence-corrected chi connectivity index (χ2v) is 7.64. The van der Waals surface area contributed by atoms with Crippen molar-refractivity contribution in [2.24, 2.45) is 5.73 Å². The normalized spacial score (nSPS) is 13.9. The first-order chi connectivity index (χ1) is 12.7. The Balaban J connectivity index is 2.16. The average molecular weight is 373 g/mol. The monoisotopic (exact) mass is 373 g/mol. The van der Waals surface area contributed by atoms with Gasteiger partial charge < -0.3 is 15.8 Å². The summed E-state index contributed by atoms with van der Waals surface area (Å²) in [6, 6.07) is 9.57. The molecule has 2 atom stereocenters. The van der Waals surface area contributed by atoms with E-state index in [2.05, 4.69) is 10.3 Å². The maximum atomic E-state index is 13.9. The van der Waals surface area contributed by atoms with Gasteiger partial charge in [0.25, 0.3) is 5.91 Å². The first-order valence-corrected chi connectivity index (χ1v) is 8.99. The number of nitrogens with one attached hydrogen (secondary N) is 1. The molecule has 0 spiro atoms. The summed E-state index contributed by atoms with van der Waals surface area (Å²) in [6.07, 6.45) is 1.93. The van der Waals surface area contributed by atoms with Crippen LogP contribution in [0.15, 0.2) is 42.6 Å². The van der Waals surface area contributed by atoms with Crippen molar-refractivity contribution in [2.45, 2.75) is 51.3 Å². The highest BCUT2D eigenvalue weighted by Crippen LogP contribution is 2.16. The predicted molar refractivity (Wildman–Crippen MR) is 104 cm³/mol. The van der Waals surface area contributed by atoms with Crippen molar-refractivity contribution in [1.82, 2.24) is 10.3 Å². The van der Waals surface area contributed by atoms with Crippen molar-refractivity contribution in [1.29, 1.82) is 0 Å². The molecule has 1 amide bonds. The van der Waals surface area contributed by atoms with Crippen molar-refractivity contribution >= 4 is 5.91 Å². The fourth-order valence-corrected chi connectivity index (χ4v) is 2.86. The summed E-state index contributed by atoms with van der Waals surface area (Å²) in [7, 11) is 1.56. The zero-order valence-electron chi connectivity index (χ0n) is 16.3. The van der Waals surface area contributed by atoms with E-state index in [1.807, 2.05) is 20.8 Å². The van der Waals surface area contributed by atoms with Gasteiger partial charge in [0.2, 0.25) is 0 Å². The number of hydrogen-bond acceptors (Lipinski definition) is 4. The third-order valence-corrected chi connectivity index (χ3v) is 4.21. The van der Waals surface area contributed by atoms with Gasteiger partial charge in [0.15, 0.2) is 0 Å². The Labute approximate surface area is 160 Å². The van der Waals surface area contributed by atoms with Crippen LogP contribution in [0.4, 0.5) is 4.39 Å². The Morgan fingerprint density at radius 1 is 1.22 bits per heavy atom. The third kappa shape index (κ3) is 6.12. The van der Waals surface area contributed by atoms with Gasteiger partial charge in [-0.3, -0.25) is 9.78 Å². The molecule has 0 aliphatic rings. The molecule has 1 aromatic carbocycles. The molecular weight excluding hydrogens is 345 g/mol. The SMILES string of the molecule is CO[C@@H](Cc1ncccc1C(=O)NC(C)(C)C)[C@H](N)Cc1ccccc1F. The molecule has 2 aromatic rings. The molecule has 6 heteroatoms. The van der Waals surface area contributed by atoms with Crippen LogP contribution in [-0.2, 0) is 17.6 Å². The third-order valence-electron chi connectivity index (χ3n) is 4.21. The molecular formula is C21H28FN3O2. The number of carbonyl (C=O) groups excluding carboxylic acids is 1. The molecule has 0 aliphatic carbocycles. The van der Waals surface area contributed by atoms with E-state index in [-0.39, 0.29) is 17.3 Å². The zero-order valence-corrected chi connectivity index (χ0v) is 16.3. The Hall–Kier alpha value is -2.31. The zero-order chi connectivity index (χ0) is 20.0. The number of nitrogens with zero attached hydrogens (tertiary/aromatic N) is 1. The number of aromatic nitrogens is 1. The summed E-state index contributed by atoms with van der Waals surface area (Å²) < 4.78 is 19.5. The number of pyridine rings is 1. The highest BCUT2D eigenvalue weighted by Gasteiger charge is 2.24. The maximum absolute atomic E-state index is 13.9. The number of methoxy groups -OCH3 is 1. The average Bonchev–Trinajstić information content (AvgIpc) is 2.60. The van der Waals surface area contributed by atoms with Gasteiger partial charge in [0.05, 0.1) is 17.4 Å². The minimum absolute atomic E-state index is 0.192. The Bertz CT molecular complexity index is 774. The molecule has 0 fully saturated rings. The second kappa shape index (κ2) is 9.06. The van der Waals surface area contributed by atoms with E-state index in [0.717, 1.165) is 0 Å². The summed E-state index contributed by atoms with van der Waals surface area (Å²) in [4.78, 5) is 16.9. The Morgan fingerprint density at radius 3 is 2.56 bits per heavy atom. The molecule has 1 aromatic heterocycles. The van der Waals surface area contributed by atoms with E-state index in [4.69, 9.17) is 10.5 Å². The number of ether oxygens (including phenoxy) is 1. The van der Waals surface area contributed by atoms with Crippen LogP contribution in [0.3, 0.4) is 0 Å². The molecule has 0 saturated heterocycles. The molecule has 1 heterocycles. The van der Waals surface area contributed by atoms with Crippen LogP contribution in [0.5, 0.6) is 0 Å². The van der Waals surface area contributed by atoms with E-state index in [9.17, 15) is 9.18 Å². The molecule has 2 rings (SSSR count). The first kappa shape index (κ1) is 21.0. The van der Waals surface area contributed by atoms with Crippen LogP contribution < -0.4 is 11.1 Å². The van der Waals surface area contributed by atoms with Gasteiger partial charge in [0.1, 0.15) is 5.82 Å². The summed E-state index contributed by atoms with van der Waals surface area (Å²) in [5, 5.41) is 2.94. The Morgan fingerprint density at radius 2 is 1.93 bits per heavy atom. The topological polar surface area (TPSA) is 77.2 Å². The lowest BCUT2D eigenvalue weighted by atomic mass is 9.96. The summed E-state index contributed by atoms with van der Waals surface area (Å²) >= 11 is 0. The number of carbonyl (C=O) groups is 1. The van der Waals surface area contributed by atoms with Crippen molar-refractivity contribution in [3.63, 3.8) is 0 Å². The van der Waals surface area contributed by atoms with E-state index in [1.54, 1.807) is 43.6 Å². The number of halogens is 1. The minimum atomic E-state index is -0.438. The molecule has 0 aliphatic heterocycles. The van der Waals surface area contributed by atoms with Crippen LogP contribution in [0.1, 0.15) is 42.4 Å². The summed E-state index contributed by atoms with van der Waals surface area (Å²) in [5.74, 6) is -0.478. The lowest BCUT2D eigenvalue weighted by Gasteiger charge is -2.24. The fourth-order valence-electron chi connectivity index (χ4n) is 2.86. The quantitative estimate of drug-likeness (QED) is 0.782. The number of rotatable bonds is 7. The van der Waals surface area contributed by atoms with E-state index < -0.39 is 12.1 Å². The summed E-state index contributed by atoms with van der Waals surface area (Å²) in [6.45, 7) is 5.76. The molecule has 27 heavy (non-hydrogen) atoms. The second-order valence-electron chi connectivity index (χ2n) is 7.64. The number of amides is 1. The van der Waals surface area contributed by atoms with E-state index >= 15 is 0 Å². The van der Waals surface area contributed by atoms with Gasteiger partial charge in [-0.15, -0.1) is 0 Å². The van der Waals surface area contributed by atoms with Gasteiger partial charge in [-0.2, -0.15) is 0 Å². The lowest BCUT2D eigenvalue weighted by Crippen LogP contribution is -2.42. The molecule has 0 bridgehead atoms. The van der Waals surface area contributed by atoms with Gasteiger partial charge in [0, 0.05) is 31.3 Å². The first-order valence-electron chi connectivity index (χ1n) is 8.99. The maximum Gasteiger partial charge on any atom is 0.253 e. The summed E-state index contributed by atoms with van der Waals surface area (Å²) in [5.41, 5.74) is 7.57. The van der Waals surface area contributed by atoms with Gasteiger partial charge in [-0.05, 0) is 51.0 Å². The van der Waals surface area contributed by atoms with Crippen LogP contribution in [-0.4, -0.2) is 35.7 Å². The molecule has 0 saturated carbocycles. The molecule has 146 valence electrons. The van der Waals surface area contributed by atoms with Crippen LogP contribution in [0.25, 0.3) is 0 Å². The van der Waals surface area contributed by atoms with E-state index in [1.165, 1.54) is 6.07 Å². The van der Waals surface area contributed by atoms with Crippen molar-refractivity contribution < 1.29 is 13.9 Å². The minimum Gasteiger partial charge on any atom is -0.379 e. The van der Waals surface area contributed by atoms with Crippen LogP contribution >= 0.6 is 0 Å². The molecule has 5 nitrogen and oxygen atoms in total. The molecule has 0 unspecified atom stereocenters. The molecule has 3 N–H and O–H groups in total. The van der Waals surface area contributed by atoms with E-state index in [0.29, 0.717) is 29.7 Å². The Kier molecular flexibility index (Phi) is 7.05. The highest BCUT2D eigenvalue weighted by atomic mass is 19.1.